The van der Waals surface area contributed by atoms with Gasteiger partial charge in [-0.05, 0) is 18.2 Å². The topological polar surface area (TPSA) is 182 Å². The van der Waals surface area contributed by atoms with Crippen molar-refractivity contribution in [1.82, 2.24) is 24.9 Å². The SMILES string of the molecule is NC(=O)CCNC(=O)Nc1cccc(NC(=O)c2cnc3ncnn3c2N)c1. The van der Waals surface area contributed by atoms with Gasteiger partial charge in [-0.25, -0.2) is 9.78 Å². The Labute approximate surface area is 158 Å². The van der Waals surface area contributed by atoms with Gasteiger partial charge in [-0.3, -0.25) is 9.59 Å². The van der Waals surface area contributed by atoms with Crippen LogP contribution in [0.1, 0.15) is 16.8 Å². The van der Waals surface area contributed by atoms with Gasteiger partial charge in [0.05, 0.1) is 0 Å². The number of primary amides is 1. The number of aromatic nitrogens is 4. The number of carbonyl (C=O) groups excluding carboxylic acids is 3. The van der Waals surface area contributed by atoms with Crippen LogP contribution in [0.5, 0.6) is 0 Å². The van der Waals surface area contributed by atoms with Crippen LogP contribution in [0.3, 0.4) is 0 Å². The molecule has 1 aromatic carbocycles. The smallest absolute Gasteiger partial charge is 0.319 e. The van der Waals surface area contributed by atoms with E-state index < -0.39 is 17.8 Å². The summed E-state index contributed by atoms with van der Waals surface area (Å²) >= 11 is 0. The molecule has 12 nitrogen and oxygen atoms in total. The highest BCUT2D eigenvalue weighted by Crippen LogP contribution is 2.18. The largest absolute Gasteiger partial charge is 0.383 e. The van der Waals surface area contributed by atoms with Crippen LogP contribution in [-0.4, -0.2) is 44.0 Å². The second kappa shape index (κ2) is 7.99. The molecule has 0 saturated heterocycles. The van der Waals surface area contributed by atoms with E-state index >= 15 is 0 Å². The molecule has 3 rings (SSSR count). The molecule has 4 amide bonds. The van der Waals surface area contributed by atoms with Crippen LogP contribution >= 0.6 is 0 Å². The van der Waals surface area contributed by atoms with Crippen LogP contribution in [0.25, 0.3) is 5.78 Å². The van der Waals surface area contributed by atoms with Gasteiger partial charge in [-0.2, -0.15) is 14.6 Å². The summed E-state index contributed by atoms with van der Waals surface area (Å²) < 4.78 is 1.25. The number of nitrogens with zero attached hydrogens (tertiary/aromatic N) is 4. The highest BCUT2D eigenvalue weighted by molar-refractivity contribution is 6.07. The maximum atomic E-state index is 12.5. The maximum Gasteiger partial charge on any atom is 0.319 e. The number of nitrogens with two attached hydrogens (primary N) is 2. The Morgan fingerprint density at radius 3 is 2.61 bits per heavy atom. The van der Waals surface area contributed by atoms with Crippen LogP contribution in [0.2, 0.25) is 0 Å². The van der Waals surface area contributed by atoms with Crippen LogP contribution in [0.4, 0.5) is 22.0 Å². The van der Waals surface area contributed by atoms with Crippen molar-refractivity contribution in [3.05, 3.63) is 42.4 Å². The van der Waals surface area contributed by atoms with Crippen LogP contribution in [0.15, 0.2) is 36.8 Å². The summed E-state index contributed by atoms with van der Waals surface area (Å²) in [6.45, 7) is 0.120. The Morgan fingerprint density at radius 2 is 1.86 bits per heavy atom. The first-order chi connectivity index (χ1) is 13.4. The van der Waals surface area contributed by atoms with E-state index in [1.54, 1.807) is 24.3 Å². The summed E-state index contributed by atoms with van der Waals surface area (Å²) in [4.78, 5) is 42.9. The summed E-state index contributed by atoms with van der Waals surface area (Å²) in [7, 11) is 0. The summed E-state index contributed by atoms with van der Waals surface area (Å²) in [5.41, 5.74) is 11.9. The average Bonchev–Trinajstić information content (AvgIpc) is 3.11. The van der Waals surface area contributed by atoms with Crippen LogP contribution in [0, 0.1) is 0 Å². The molecule has 0 aliphatic heterocycles. The number of nitrogens with one attached hydrogen (secondary N) is 3. The monoisotopic (exact) mass is 383 g/mol. The molecule has 2 heterocycles. The third-order valence-corrected chi connectivity index (χ3v) is 3.62. The van der Waals surface area contributed by atoms with E-state index in [1.165, 1.54) is 17.0 Å². The van der Waals surface area contributed by atoms with E-state index in [9.17, 15) is 14.4 Å². The number of benzene rings is 1. The number of nitrogen functional groups attached to an aromatic ring is 1. The molecule has 0 aliphatic carbocycles. The quantitative estimate of drug-likeness (QED) is 0.395. The number of amides is 4. The maximum absolute atomic E-state index is 12.5. The molecule has 0 radical (unpaired) electrons. The Hall–Kier alpha value is -4.22. The van der Waals surface area contributed by atoms with Gasteiger partial charge in [0.2, 0.25) is 5.91 Å². The second-order valence-corrected chi connectivity index (χ2v) is 5.66. The van der Waals surface area contributed by atoms with Gasteiger partial charge >= 0.3 is 6.03 Å². The molecule has 0 aliphatic rings. The average molecular weight is 383 g/mol. The molecular formula is C16H17N9O3. The summed E-state index contributed by atoms with van der Waals surface area (Å²) in [6.07, 6.45) is 2.63. The number of carbonyl (C=O) groups is 3. The lowest BCUT2D eigenvalue weighted by molar-refractivity contribution is -0.117. The summed E-state index contributed by atoms with van der Waals surface area (Å²) in [5.74, 6) is -0.626. The normalized spacial score (nSPS) is 10.4. The Bertz CT molecular complexity index is 1050. The zero-order valence-corrected chi connectivity index (χ0v) is 14.5. The van der Waals surface area contributed by atoms with Crippen molar-refractivity contribution in [2.45, 2.75) is 6.42 Å². The van der Waals surface area contributed by atoms with Crippen LogP contribution < -0.4 is 27.4 Å². The molecule has 3 aromatic rings. The minimum Gasteiger partial charge on any atom is -0.383 e. The van der Waals surface area contributed by atoms with E-state index in [1.807, 2.05) is 0 Å². The highest BCUT2D eigenvalue weighted by Gasteiger charge is 2.15. The van der Waals surface area contributed by atoms with Crippen molar-refractivity contribution in [2.75, 3.05) is 22.9 Å². The summed E-state index contributed by atoms with van der Waals surface area (Å²) in [6, 6.07) is 5.99. The molecule has 0 bridgehead atoms. The van der Waals surface area contributed by atoms with Crippen molar-refractivity contribution in [1.29, 1.82) is 0 Å². The Morgan fingerprint density at radius 1 is 1.11 bits per heavy atom. The van der Waals surface area contributed by atoms with Gasteiger partial charge in [0.25, 0.3) is 11.7 Å². The fourth-order valence-electron chi connectivity index (χ4n) is 2.32. The van der Waals surface area contributed by atoms with Crippen LogP contribution in [-0.2, 0) is 4.79 Å². The minimum absolute atomic E-state index is 0.0368. The van der Waals surface area contributed by atoms with Gasteiger partial charge in [0.1, 0.15) is 17.7 Å². The zero-order valence-electron chi connectivity index (χ0n) is 14.5. The molecular weight excluding hydrogens is 366 g/mol. The molecule has 0 atom stereocenters. The van der Waals surface area contributed by atoms with Crippen molar-refractivity contribution in [3.8, 4) is 0 Å². The van der Waals surface area contributed by atoms with Crippen molar-refractivity contribution in [2.24, 2.45) is 5.73 Å². The summed E-state index contributed by atoms with van der Waals surface area (Å²) in [5, 5.41) is 11.7. The third kappa shape index (κ3) is 4.30. The predicted octanol–water partition coefficient (Wildman–Crippen LogP) is -0.0443. The Balaban J connectivity index is 1.66. The number of rotatable bonds is 6. The molecule has 0 saturated carbocycles. The fourth-order valence-corrected chi connectivity index (χ4v) is 2.32. The van der Waals surface area contributed by atoms with E-state index in [0.29, 0.717) is 11.4 Å². The molecule has 12 heteroatoms. The highest BCUT2D eigenvalue weighted by atomic mass is 16.2. The van der Waals surface area contributed by atoms with E-state index in [2.05, 4.69) is 31.0 Å². The molecule has 7 N–H and O–H groups in total. The van der Waals surface area contributed by atoms with Crippen molar-refractivity contribution < 1.29 is 14.4 Å². The number of urea groups is 1. The number of anilines is 3. The third-order valence-electron chi connectivity index (χ3n) is 3.62. The first-order valence-corrected chi connectivity index (χ1v) is 8.13. The second-order valence-electron chi connectivity index (χ2n) is 5.66. The fraction of sp³-hybridized carbons (Fsp3) is 0.125. The standard InChI is InChI=1S/C16H17N9O3/c17-12(26)4-5-19-16(28)24-10-3-1-2-9(6-10)23-14(27)11-7-20-15-21-8-22-25(15)13(11)18/h1-3,6-8H,4-5,18H2,(H2,17,26)(H,23,27)(H2,19,24,28). The lowest BCUT2D eigenvalue weighted by Crippen LogP contribution is -2.31. The first kappa shape index (κ1) is 18.6. The van der Waals surface area contributed by atoms with Gasteiger partial charge in [0, 0.05) is 30.5 Å². The van der Waals surface area contributed by atoms with Gasteiger partial charge in [-0.15, -0.1) is 0 Å². The molecule has 0 fully saturated rings. The number of hydrogen-bond donors (Lipinski definition) is 5. The molecule has 144 valence electrons. The molecule has 0 spiro atoms. The van der Waals surface area contributed by atoms with Gasteiger partial charge in [0.15, 0.2) is 0 Å². The molecule has 28 heavy (non-hydrogen) atoms. The zero-order chi connectivity index (χ0) is 20.1. The lowest BCUT2D eigenvalue weighted by Gasteiger charge is -2.10. The lowest BCUT2D eigenvalue weighted by atomic mass is 10.2. The molecule has 0 unspecified atom stereocenters. The minimum atomic E-state index is -0.511. The van der Waals surface area contributed by atoms with Crippen molar-refractivity contribution >= 4 is 40.8 Å². The van der Waals surface area contributed by atoms with Crippen molar-refractivity contribution in [3.63, 3.8) is 0 Å². The van der Waals surface area contributed by atoms with E-state index in [-0.39, 0.29) is 30.1 Å². The van der Waals surface area contributed by atoms with E-state index in [4.69, 9.17) is 11.5 Å². The van der Waals surface area contributed by atoms with Gasteiger partial charge in [-0.1, -0.05) is 6.07 Å². The molecule has 2 aromatic heterocycles. The first-order valence-electron chi connectivity index (χ1n) is 8.13. The predicted molar refractivity (Wildman–Crippen MR) is 100 cm³/mol. The van der Waals surface area contributed by atoms with Gasteiger partial charge < -0.3 is 27.4 Å². The number of fused-ring (bicyclic) bond motifs is 1. The Kier molecular flexibility index (Phi) is 5.30. The number of hydrogen-bond acceptors (Lipinski definition) is 7. The van der Waals surface area contributed by atoms with E-state index in [0.717, 1.165) is 0 Å².